The van der Waals surface area contributed by atoms with Gasteiger partial charge in [-0.1, -0.05) is 6.58 Å². The molecule has 0 amide bonds. The maximum absolute atomic E-state index is 5.85. The molecule has 4 rings (SSSR count). The summed E-state index contributed by atoms with van der Waals surface area (Å²) in [7, 11) is 3.40. The Hall–Kier alpha value is -3.08. The molecule has 152 valence electrons. The molecule has 1 aliphatic heterocycles. The molecule has 3 aromatic rings. The van der Waals surface area contributed by atoms with E-state index in [0.717, 1.165) is 42.2 Å². The Labute approximate surface area is 171 Å². The van der Waals surface area contributed by atoms with Crippen molar-refractivity contribution in [3.05, 3.63) is 66.0 Å². The first-order chi connectivity index (χ1) is 14.2. The maximum atomic E-state index is 5.85. The van der Waals surface area contributed by atoms with Gasteiger partial charge in [0.25, 0.3) is 0 Å². The molecule has 0 radical (unpaired) electrons. The van der Waals surface area contributed by atoms with Gasteiger partial charge in [0.1, 0.15) is 5.75 Å². The van der Waals surface area contributed by atoms with Crippen molar-refractivity contribution < 1.29 is 14.2 Å². The lowest BCUT2D eigenvalue weighted by Crippen LogP contribution is -2.32. The minimum atomic E-state index is 0.187. The summed E-state index contributed by atoms with van der Waals surface area (Å²) in [5, 5.41) is 1.19. The molecule has 2 aromatic carbocycles. The van der Waals surface area contributed by atoms with E-state index >= 15 is 0 Å². The van der Waals surface area contributed by atoms with Crippen LogP contribution in [0.5, 0.6) is 17.2 Å². The van der Waals surface area contributed by atoms with E-state index in [2.05, 4.69) is 46.9 Å². The number of fused-ring (bicyclic) bond motifs is 2. The summed E-state index contributed by atoms with van der Waals surface area (Å²) >= 11 is 0. The molecule has 1 unspecified atom stereocenters. The summed E-state index contributed by atoms with van der Waals surface area (Å²) < 4.78 is 16.9. The zero-order valence-corrected chi connectivity index (χ0v) is 17.3. The van der Waals surface area contributed by atoms with Crippen LogP contribution < -0.4 is 14.2 Å². The predicted molar refractivity (Wildman–Crippen MR) is 116 cm³/mol. The fourth-order valence-corrected chi connectivity index (χ4v) is 4.26. The highest BCUT2D eigenvalue weighted by Gasteiger charge is 2.28. The van der Waals surface area contributed by atoms with Crippen LogP contribution >= 0.6 is 0 Å². The molecule has 0 bridgehead atoms. The van der Waals surface area contributed by atoms with E-state index < -0.39 is 0 Å². The Kier molecular flexibility index (Phi) is 5.38. The lowest BCUT2D eigenvalue weighted by atomic mass is 9.88. The van der Waals surface area contributed by atoms with Gasteiger partial charge < -0.3 is 24.1 Å². The van der Waals surface area contributed by atoms with Crippen molar-refractivity contribution in [2.75, 3.05) is 27.4 Å². The molecule has 1 aromatic heterocycles. The molecule has 29 heavy (non-hydrogen) atoms. The second-order valence-electron chi connectivity index (χ2n) is 7.25. The van der Waals surface area contributed by atoms with E-state index in [1.54, 1.807) is 14.2 Å². The van der Waals surface area contributed by atoms with Crippen LogP contribution in [0.3, 0.4) is 0 Å². The van der Waals surface area contributed by atoms with Crippen molar-refractivity contribution in [2.45, 2.75) is 25.8 Å². The van der Waals surface area contributed by atoms with Crippen LogP contribution in [-0.2, 0) is 12.8 Å². The number of nitrogens with zero attached hydrogens (tertiary/aromatic N) is 1. The lowest BCUT2D eigenvalue weighted by molar-refractivity contribution is 0.259. The Bertz CT molecular complexity index is 1020. The highest BCUT2D eigenvalue weighted by Crippen LogP contribution is 2.40. The molecule has 0 saturated carbocycles. The number of benzene rings is 2. The molecule has 0 fully saturated rings. The van der Waals surface area contributed by atoms with Gasteiger partial charge in [-0.05, 0) is 73.0 Å². The Balaban J connectivity index is 1.77. The number of ether oxygens (including phenoxy) is 3. The summed E-state index contributed by atoms with van der Waals surface area (Å²) in [4.78, 5) is 5.71. The Morgan fingerprint density at radius 1 is 1.17 bits per heavy atom. The number of aromatic nitrogens is 1. The number of methoxy groups -OCH3 is 2. The molecule has 0 aliphatic carbocycles. The van der Waals surface area contributed by atoms with Crippen LogP contribution in [-0.4, -0.2) is 37.3 Å². The summed E-state index contributed by atoms with van der Waals surface area (Å²) in [5.41, 5.74) is 4.97. The Morgan fingerprint density at radius 3 is 2.76 bits per heavy atom. The summed E-state index contributed by atoms with van der Waals surface area (Å²) in [6, 6.07) is 10.6. The topological polar surface area (TPSA) is 46.7 Å². The third-order valence-electron chi connectivity index (χ3n) is 5.75. The van der Waals surface area contributed by atoms with E-state index in [9.17, 15) is 0 Å². The first-order valence-electron chi connectivity index (χ1n) is 10.0. The number of H-pyrrole nitrogens is 1. The third-order valence-corrected chi connectivity index (χ3v) is 5.75. The van der Waals surface area contributed by atoms with Crippen molar-refractivity contribution in [3.8, 4) is 17.2 Å². The summed E-state index contributed by atoms with van der Waals surface area (Å²) in [5.74, 6) is 2.46. The zero-order chi connectivity index (χ0) is 20.4. The fourth-order valence-electron chi connectivity index (χ4n) is 4.26. The quantitative estimate of drug-likeness (QED) is 0.623. The number of aromatic amines is 1. The second kappa shape index (κ2) is 8.11. The van der Waals surface area contributed by atoms with Crippen LogP contribution in [0.1, 0.15) is 29.7 Å². The fraction of sp³-hybridized carbons (Fsp3) is 0.333. The minimum absolute atomic E-state index is 0.187. The molecule has 5 nitrogen and oxygen atoms in total. The molecule has 2 heterocycles. The standard InChI is InChI=1S/C24H28N2O3/c1-5-26-10-9-16-12-23(28-4)24(29-6-2)14-20(16)22(26)11-17-15-25-21-8-7-18(27-3)13-19(17)21/h5,7-8,12-15,22,25H,1,6,9-11H2,2-4H3. The Morgan fingerprint density at radius 2 is 2.03 bits per heavy atom. The number of nitrogens with one attached hydrogen (secondary N) is 1. The van der Waals surface area contributed by atoms with E-state index in [0.29, 0.717) is 6.61 Å². The van der Waals surface area contributed by atoms with Gasteiger partial charge in [0.2, 0.25) is 0 Å². The van der Waals surface area contributed by atoms with Crippen molar-refractivity contribution in [1.29, 1.82) is 0 Å². The largest absolute Gasteiger partial charge is 0.497 e. The average Bonchev–Trinajstić information content (AvgIpc) is 3.15. The predicted octanol–water partition coefficient (Wildman–Crippen LogP) is 4.87. The van der Waals surface area contributed by atoms with Crippen molar-refractivity contribution in [2.24, 2.45) is 0 Å². The van der Waals surface area contributed by atoms with Gasteiger partial charge in [0.05, 0.1) is 26.9 Å². The van der Waals surface area contributed by atoms with Gasteiger partial charge in [0, 0.05) is 23.6 Å². The SMILES string of the molecule is C=CN1CCc2cc(OC)c(OCC)cc2C1Cc1c[nH]c2ccc(OC)cc12. The van der Waals surface area contributed by atoms with E-state index in [-0.39, 0.29) is 6.04 Å². The van der Waals surface area contributed by atoms with Gasteiger partial charge in [-0.3, -0.25) is 0 Å². The summed E-state index contributed by atoms with van der Waals surface area (Å²) in [6.45, 7) is 7.59. The molecular formula is C24H28N2O3. The average molecular weight is 392 g/mol. The maximum Gasteiger partial charge on any atom is 0.161 e. The van der Waals surface area contributed by atoms with Crippen LogP contribution in [0, 0.1) is 0 Å². The molecule has 0 saturated heterocycles. The molecule has 5 heteroatoms. The van der Waals surface area contributed by atoms with Crippen molar-refractivity contribution >= 4 is 10.9 Å². The molecule has 0 spiro atoms. The van der Waals surface area contributed by atoms with Gasteiger partial charge in [-0.25, -0.2) is 0 Å². The number of rotatable bonds is 7. The van der Waals surface area contributed by atoms with E-state index in [1.807, 2.05) is 19.2 Å². The normalized spacial score (nSPS) is 15.8. The summed E-state index contributed by atoms with van der Waals surface area (Å²) in [6.07, 6.45) is 5.88. The number of hydrogen-bond donors (Lipinski definition) is 1. The second-order valence-corrected chi connectivity index (χ2v) is 7.25. The van der Waals surface area contributed by atoms with E-state index in [4.69, 9.17) is 14.2 Å². The molecule has 1 aliphatic rings. The molecule has 1 atom stereocenters. The first kappa shape index (κ1) is 19.2. The van der Waals surface area contributed by atoms with Gasteiger partial charge in [-0.2, -0.15) is 0 Å². The monoisotopic (exact) mass is 392 g/mol. The van der Waals surface area contributed by atoms with Gasteiger partial charge >= 0.3 is 0 Å². The van der Waals surface area contributed by atoms with Crippen LogP contribution in [0.2, 0.25) is 0 Å². The highest BCUT2D eigenvalue weighted by atomic mass is 16.5. The first-order valence-corrected chi connectivity index (χ1v) is 10.0. The van der Waals surface area contributed by atoms with Gasteiger partial charge in [-0.15, -0.1) is 0 Å². The van der Waals surface area contributed by atoms with Gasteiger partial charge in [0.15, 0.2) is 11.5 Å². The van der Waals surface area contributed by atoms with Crippen molar-refractivity contribution in [3.63, 3.8) is 0 Å². The van der Waals surface area contributed by atoms with Crippen LogP contribution in [0.25, 0.3) is 10.9 Å². The van der Waals surface area contributed by atoms with Crippen molar-refractivity contribution in [1.82, 2.24) is 9.88 Å². The minimum Gasteiger partial charge on any atom is -0.497 e. The smallest absolute Gasteiger partial charge is 0.161 e. The van der Waals surface area contributed by atoms with Crippen LogP contribution in [0.4, 0.5) is 0 Å². The highest BCUT2D eigenvalue weighted by molar-refractivity contribution is 5.84. The number of hydrogen-bond acceptors (Lipinski definition) is 4. The third kappa shape index (κ3) is 3.53. The van der Waals surface area contributed by atoms with Crippen LogP contribution in [0.15, 0.2) is 49.3 Å². The lowest BCUT2D eigenvalue weighted by Gasteiger charge is -2.37. The zero-order valence-electron chi connectivity index (χ0n) is 17.3. The van der Waals surface area contributed by atoms with E-state index in [1.165, 1.54) is 22.1 Å². The molecule has 1 N–H and O–H groups in total. The molecular weight excluding hydrogens is 364 g/mol.